The first-order valence-electron chi connectivity index (χ1n) is 10.1. The van der Waals surface area contributed by atoms with Gasteiger partial charge in [0.15, 0.2) is 5.65 Å². The summed E-state index contributed by atoms with van der Waals surface area (Å²) in [7, 11) is 0. The molecule has 1 saturated carbocycles. The number of pyridine rings is 1. The number of rotatable bonds is 4. The standard InChI is InChI=1S/C22H19ClN6O/c23-20-16(6-9-29-19(12-14-2-3-14)26-27-21(20)29)15-4-5-18-17(13-15)28(10-11-30-18)22-24-7-1-8-25-22/h1,4-9,13-14H,2-3,10-12H2. The van der Waals surface area contributed by atoms with Gasteiger partial charge in [0, 0.05) is 30.6 Å². The van der Waals surface area contributed by atoms with Crippen molar-refractivity contribution in [3.05, 3.63) is 59.8 Å². The summed E-state index contributed by atoms with van der Waals surface area (Å²) in [5.74, 6) is 3.18. The molecule has 30 heavy (non-hydrogen) atoms. The molecule has 4 aromatic rings. The van der Waals surface area contributed by atoms with Crippen LogP contribution >= 0.6 is 11.6 Å². The maximum Gasteiger partial charge on any atom is 0.230 e. The van der Waals surface area contributed by atoms with E-state index in [4.69, 9.17) is 16.3 Å². The Labute approximate surface area is 178 Å². The first-order valence-corrected chi connectivity index (χ1v) is 10.5. The fraction of sp³-hybridized carbons (Fsp3) is 0.273. The molecule has 7 nitrogen and oxygen atoms in total. The summed E-state index contributed by atoms with van der Waals surface area (Å²) in [6.45, 7) is 1.27. The third kappa shape index (κ3) is 2.97. The van der Waals surface area contributed by atoms with Crippen molar-refractivity contribution in [2.45, 2.75) is 19.3 Å². The molecule has 6 rings (SSSR count). The Kier molecular flexibility index (Phi) is 4.09. The van der Waals surface area contributed by atoms with Crippen LogP contribution in [0.2, 0.25) is 5.02 Å². The van der Waals surface area contributed by atoms with Crippen LogP contribution < -0.4 is 9.64 Å². The van der Waals surface area contributed by atoms with Crippen LogP contribution in [0.4, 0.5) is 11.6 Å². The molecule has 0 spiro atoms. The van der Waals surface area contributed by atoms with Gasteiger partial charge in [0.05, 0.1) is 17.3 Å². The molecule has 1 fully saturated rings. The zero-order chi connectivity index (χ0) is 20.1. The van der Waals surface area contributed by atoms with E-state index in [1.54, 1.807) is 12.4 Å². The van der Waals surface area contributed by atoms with Gasteiger partial charge < -0.3 is 9.64 Å². The number of anilines is 2. The highest BCUT2D eigenvalue weighted by Crippen LogP contribution is 2.40. The molecule has 0 atom stereocenters. The second-order valence-corrected chi connectivity index (χ2v) is 8.11. The Morgan fingerprint density at radius 3 is 2.80 bits per heavy atom. The topological polar surface area (TPSA) is 68.4 Å². The maximum absolute atomic E-state index is 6.79. The maximum atomic E-state index is 6.79. The molecule has 8 heteroatoms. The molecular weight excluding hydrogens is 400 g/mol. The van der Waals surface area contributed by atoms with Crippen LogP contribution in [-0.4, -0.2) is 37.7 Å². The molecule has 3 aromatic heterocycles. The minimum Gasteiger partial charge on any atom is -0.490 e. The Bertz CT molecular complexity index is 1240. The fourth-order valence-electron chi connectivity index (χ4n) is 3.94. The summed E-state index contributed by atoms with van der Waals surface area (Å²) in [4.78, 5) is 10.9. The van der Waals surface area contributed by atoms with Gasteiger partial charge in [-0.1, -0.05) is 17.7 Å². The molecule has 1 aliphatic heterocycles. The van der Waals surface area contributed by atoms with Gasteiger partial charge in [0.1, 0.15) is 18.2 Å². The number of aromatic nitrogens is 5. The van der Waals surface area contributed by atoms with Gasteiger partial charge in [-0.15, -0.1) is 10.2 Å². The molecule has 1 aliphatic carbocycles. The second kappa shape index (κ2) is 6.95. The lowest BCUT2D eigenvalue weighted by Gasteiger charge is -2.29. The molecule has 0 saturated heterocycles. The molecule has 1 aromatic carbocycles. The molecule has 4 heterocycles. The van der Waals surface area contributed by atoms with E-state index in [-0.39, 0.29) is 0 Å². The third-order valence-corrected chi connectivity index (χ3v) is 6.06. The summed E-state index contributed by atoms with van der Waals surface area (Å²) in [6, 6.07) is 9.91. The lowest BCUT2D eigenvalue weighted by molar-refractivity contribution is 0.313. The van der Waals surface area contributed by atoms with Crippen molar-refractivity contribution < 1.29 is 4.74 Å². The number of halogens is 1. The normalized spacial score (nSPS) is 15.8. The van der Waals surface area contributed by atoms with E-state index in [0.717, 1.165) is 40.7 Å². The Morgan fingerprint density at radius 2 is 1.97 bits per heavy atom. The second-order valence-electron chi connectivity index (χ2n) is 7.73. The van der Waals surface area contributed by atoms with E-state index < -0.39 is 0 Å². The van der Waals surface area contributed by atoms with Crippen molar-refractivity contribution >= 4 is 28.9 Å². The summed E-state index contributed by atoms with van der Waals surface area (Å²) in [5.41, 5.74) is 3.52. The molecule has 0 N–H and O–H groups in total. The van der Waals surface area contributed by atoms with Gasteiger partial charge in [-0.2, -0.15) is 0 Å². The van der Waals surface area contributed by atoms with Crippen LogP contribution in [0.15, 0.2) is 48.9 Å². The first-order chi connectivity index (χ1) is 14.8. The van der Waals surface area contributed by atoms with Crippen molar-refractivity contribution in [3.63, 3.8) is 0 Å². The molecule has 0 radical (unpaired) electrons. The van der Waals surface area contributed by atoms with Crippen LogP contribution in [0.25, 0.3) is 16.8 Å². The SMILES string of the molecule is Clc1c(-c2ccc3c(c2)N(c2ncccn2)CCO3)ccn2c(CC3CC3)nnc12. The highest BCUT2D eigenvalue weighted by molar-refractivity contribution is 6.36. The molecule has 0 bridgehead atoms. The monoisotopic (exact) mass is 418 g/mol. The highest BCUT2D eigenvalue weighted by atomic mass is 35.5. The Hall–Kier alpha value is -3.19. The highest BCUT2D eigenvalue weighted by Gasteiger charge is 2.25. The van der Waals surface area contributed by atoms with Crippen LogP contribution in [0.3, 0.4) is 0 Å². The minimum absolute atomic E-state index is 0.584. The molecular formula is C22H19ClN6O. The average Bonchev–Trinajstić information content (AvgIpc) is 3.52. The van der Waals surface area contributed by atoms with Crippen molar-refractivity contribution in [2.75, 3.05) is 18.1 Å². The fourth-order valence-corrected chi connectivity index (χ4v) is 4.24. The van der Waals surface area contributed by atoms with Gasteiger partial charge in [0.2, 0.25) is 5.95 Å². The smallest absolute Gasteiger partial charge is 0.230 e. The molecule has 0 amide bonds. The summed E-state index contributed by atoms with van der Waals surface area (Å²) in [5, 5.41) is 9.34. The van der Waals surface area contributed by atoms with Crippen molar-refractivity contribution in [1.29, 1.82) is 0 Å². The van der Waals surface area contributed by atoms with E-state index in [1.165, 1.54) is 12.8 Å². The summed E-state index contributed by atoms with van der Waals surface area (Å²) < 4.78 is 7.87. The number of hydrogen-bond acceptors (Lipinski definition) is 6. The summed E-state index contributed by atoms with van der Waals surface area (Å²) in [6.07, 6.45) is 9.02. The zero-order valence-electron chi connectivity index (χ0n) is 16.2. The number of nitrogens with zero attached hydrogens (tertiary/aromatic N) is 6. The number of hydrogen-bond donors (Lipinski definition) is 0. The van der Waals surface area contributed by atoms with E-state index >= 15 is 0 Å². The minimum atomic E-state index is 0.584. The molecule has 2 aliphatic rings. The Balaban J connectivity index is 1.42. The van der Waals surface area contributed by atoms with E-state index in [0.29, 0.717) is 29.8 Å². The number of fused-ring (bicyclic) bond motifs is 2. The number of ether oxygens (including phenoxy) is 1. The van der Waals surface area contributed by atoms with Crippen molar-refractivity contribution in [3.8, 4) is 16.9 Å². The van der Waals surface area contributed by atoms with Crippen LogP contribution in [0, 0.1) is 5.92 Å². The third-order valence-electron chi connectivity index (χ3n) is 5.68. The van der Waals surface area contributed by atoms with Gasteiger partial charge in [-0.3, -0.25) is 4.40 Å². The van der Waals surface area contributed by atoms with Crippen molar-refractivity contribution in [1.82, 2.24) is 24.6 Å². The van der Waals surface area contributed by atoms with Gasteiger partial charge >= 0.3 is 0 Å². The van der Waals surface area contributed by atoms with Gasteiger partial charge in [-0.25, -0.2) is 9.97 Å². The first kappa shape index (κ1) is 17.7. The lowest BCUT2D eigenvalue weighted by atomic mass is 10.0. The van der Waals surface area contributed by atoms with E-state index in [9.17, 15) is 0 Å². The van der Waals surface area contributed by atoms with Crippen molar-refractivity contribution in [2.24, 2.45) is 5.92 Å². The van der Waals surface area contributed by atoms with Crippen LogP contribution in [0.5, 0.6) is 5.75 Å². The van der Waals surface area contributed by atoms with Gasteiger partial charge in [0.25, 0.3) is 0 Å². The lowest BCUT2D eigenvalue weighted by Crippen LogP contribution is -2.29. The van der Waals surface area contributed by atoms with Crippen LogP contribution in [0.1, 0.15) is 18.7 Å². The van der Waals surface area contributed by atoms with Gasteiger partial charge in [-0.05, 0) is 48.6 Å². The summed E-state index contributed by atoms with van der Waals surface area (Å²) >= 11 is 6.79. The average molecular weight is 419 g/mol. The van der Waals surface area contributed by atoms with E-state index in [1.807, 2.05) is 34.9 Å². The predicted octanol–water partition coefficient (Wildman–Crippen LogP) is 4.32. The number of benzene rings is 1. The molecule has 0 unspecified atom stereocenters. The Morgan fingerprint density at radius 1 is 1.10 bits per heavy atom. The zero-order valence-corrected chi connectivity index (χ0v) is 17.0. The quantitative estimate of drug-likeness (QED) is 0.491. The predicted molar refractivity (Wildman–Crippen MR) is 114 cm³/mol. The molecule has 150 valence electrons. The largest absolute Gasteiger partial charge is 0.490 e. The van der Waals surface area contributed by atoms with E-state index in [2.05, 4.69) is 31.1 Å². The van der Waals surface area contributed by atoms with Crippen LogP contribution in [-0.2, 0) is 6.42 Å².